The van der Waals surface area contributed by atoms with Gasteiger partial charge in [0.2, 0.25) is 15.9 Å². The Morgan fingerprint density at radius 2 is 1.75 bits per heavy atom. The lowest BCUT2D eigenvalue weighted by Gasteiger charge is -2.33. The van der Waals surface area contributed by atoms with Gasteiger partial charge >= 0.3 is 0 Å². The lowest BCUT2D eigenvalue weighted by Crippen LogP contribution is -2.47. The highest BCUT2D eigenvalue weighted by Gasteiger charge is 2.34. The molecule has 28 heavy (non-hydrogen) atoms. The lowest BCUT2D eigenvalue weighted by atomic mass is 9.93. The third-order valence-electron chi connectivity index (χ3n) is 5.70. The zero-order valence-corrected chi connectivity index (χ0v) is 17.5. The first kappa shape index (κ1) is 20.9. The Labute approximate surface area is 167 Å². The van der Waals surface area contributed by atoms with Crippen LogP contribution < -0.4 is 14.8 Å². The second kappa shape index (κ2) is 9.13. The molecule has 1 amide bonds. The molecule has 1 atom stereocenters. The molecule has 1 N–H and O–H groups in total. The molecule has 1 saturated heterocycles. The standard InChI is InChI=1S/C20H30N2O5S/c1-26-18-11-10-17(13-19(18)27-2)28(24,25)22-12-6-7-15(14-22)20(23)21-16-8-4-3-5-9-16/h10-11,13,15-16H,3-9,12,14H2,1-2H3,(H,21,23)/t15-/m1/s1. The Bertz CT molecular complexity index is 790. The number of methoxy groups -OCH3 is 2. The van der Waals surface area contributed by atoms with E-state index in [2.05, 4.69) is 5.32 Å². The molecule has 7 nitrogen and oxygen atoms in total. The predicted molar refractivity (Wildman–Crippen MR) is 106 cm³/mol. The molecule has 1 aromatic carbocycles. The van der Waals surface area contributed by atoms with E-state index >= 15 is 0 Å². The fourth-order valence-corrected chi connectivity index (χ4v) is 5.61. The molecule has 2 fully saturated rings. The molecule has 8 heteroatoms. The molecule has 1 aliphatic carbocycles. The van der Waals surface area contributed by atoms with Crippen molar-refractivity contribution in [2.24, 2.45) is 5.92 Å². The van der Waals surface area contributed by atoms with Crippen molar-refractivity contribution in [1.82, 2.24) is 9.62 Å². The Morgan fingerprint density at radius 1 is 1.04 bits per heavy atom. The van der Waals surface area contributed by atoms with E-state index < -0.39 is 10.0 Å². The normalized spacial score (nSPS) is 21.9. The summed E-state index contributed by atoms with van der Waals surface area (Å²) in [4.78, 5) is 12.8. The molecular weight excluding hydrogens is 380 g/mol. The summed E-state index contributed by atoms with van der Waals surface area (Å²) < 4.78 is 38.1. The molecule has 1 aromatic rings. The number of nitrogens with zero attached hydrogens (tertiary/aromatic N) is 1. The summed E-state index contributed by atoms with van der Waals surface area (Å²) in [5, 5.41) is 3.14. The third kappa shape index (κ3) is 4.60. The Hall–Kier alpha value is -1.80. The number of piperidine rings is 1. The average Bonchev–Trinajstić information content (AvgIpc) is 2.74. The van der Waals surface area contributed by atoms with Crippen LogP contribution >= 0.6 is 0 Å². The van der Waals surface area contributed by atoms with Crippen molar-refractivity contribution in [3.8, 4) is 11.5 Å². The fourth-order valence-electron chi connectivity index (χ4n) is 4.07. The summed E-state index contributed by atoms with van der Waals surface area (Å²) in [6.07, 6.45) is 6.96. The summed E-state index contributed by atoms with van der Waals surface area (Å²) in [5.41, 5.74) is 0. The SMILES string of the molecule is COc1ccc(S(=O)(=O)N2CCC[C@@H](C(=O)NC3CCCCC3)C2)cc1OC. The molecule has 0 unspecified atom stereocenters. The highest BCUT2D eigenvalue weighted by Crippen LogP contribution is 2.32. The molecule has 2 aliphatic rings. The fraction of sp³-hybridized carbons (Fsp3) is 0.650. The number of rotatable bonds is 6. The van der Waals surface area contributed by atoms with Crippen molar-refractivity contribution in [3.05, 3.63) is 18.2 Å². The second-order valence-corrected chi connectivity index (χ2v) is 9.50. The topological polar surface area (TPSA) is 84.9 Å². The number of benzene rings is 1. The van der Waals surface area contributed by atoms with Crippen molar-refractivity contribution in [3.63, 3.8) is 0 Å². The van der Waals surface area contributed by atoms with Gasteiger partial charge in [0.05, 0.1) is 25.0 Å². The van der Waals surface area contributed by atoms with Gasteiger partial charge in [-0.2, -0.15) is 4.31 Å². The van der Waals surface area contributed by atoms with Crippen LogP contribution in [-0.4, -0.2) is 52.0 Å². The third-order valence-corrected chi connectivity index (χ3v) is 7.56. The first-order chi connectivity index (χ1) is 13.5. The molecule has 0 spiro atoms. The highest BCUT2D eigenvalue weighted by atomic mass is 32.2. The van der Waals surface area contributed by atoms with Crippen LogP contribution in [0, 0.1) is 5.92 Å². The minimum atomic E-state index is -3.70. The van der Waals surface area contributed by atoms with Crippen molar-refractivity contribution in [2.75, 3.05) is 27.3 Å². The van der Waals surface area contributed by atoms with Gasteiger partial charge in [0, 0.05) is 25.2 Å². The monoisotopic (exact) mass is 410 g/mol. The summed E-state index contributed by atoms with van der Waals surface area (Å²) in [5.74, 6) is 0.529. The van der Waals surface area contributed by atoms with Crippen LogP contribution in [0.3, 0.4) is 0 Å². The van der Waals surface area contributed by atoms with E-state index in [1.54, 1.807) is 6.07 Å². The zero-order chi connectivity index (χ0) is 20.1. The summed E-state index contributed by atoms with van der Waals surface area (Å²) in [6, 6.07) is 4.81. The van der Waals surface area contributed by atoms with Gasteiger partial charge in [-0.3, -0.25) is 4.79 Å². The molecule has 1 aliphatic heterocycles. The van der Waals surface area contributed by atoms with Gasteiger partial charge in [0.15, 0.2) is 11.5 Å². The van der Waals surface area contributed by atoms with Crippen molar-refractivity contribution >= 4 is 15.9 Å². The molecular formula is C20H30N2O5S. The van der Waals surface area contributed by atoms with E-state index in [-0.39, 0.29) is 29.3 Å². The molecule has 1 heterocycles. The smallest absolute Gasteiger partial charge is 0.243 e. The van der Waals surface area contributed by atoms with E-state index in [1.807, 2.05) is 0 Å². The largest absolute Gasteiger partial charge is 0.493 e. The first-order valence-corrected chi connectivity index (χ1v) is 11.4. The summed E-state index contributed by atoms with van der Waals surface area (Å²) >= 11 is 0. The highest BCUT2D eigenvalue weighted by molar-refractivity contribution is 7.89. The molecule has 0 radical (unpaired) electrons. The van der Waals surface area contributed by atoms with E-state index in [0.717, 1.165) is 32.1 Å². The van der Waals surface area contributed by atoms with Gasteiger partial charge in [0.25, 0.3) is 0 Å². The number of nitrogens with one attached hydrogen (secondary N) is 1. The van der Waals surface area contributed by atoms with E-state index in [0.29, 0.717) is 24.5 Å². The van der Waals surface area contributed by atoms with Crippen molar-refractivity contribution < 1.29 is 22.7 Å². The molecule has 3 rings (SSSR count). The number of amides is 1. The Morgan fingerprint density at radius 3 is 2.43 bits per heavy atom. The maximum absolute atomic E-state index is 13.1. The Balaban J connectivity index is 1.71. The van der Waals surface area contributed by atoms with Gasteiger partial charge < -0.3 is 14.8 Å². The molecule has 156 valence electrons. The first-order valence-electron chi connectivity index (χ1n) is 9.98. The zero-order valence-electron chi connectivity index (χ0n) is 16.6. The number of carbonyl (C=O) groups is 1. The summed E-state index contributed by atoms with van der Waals surface area (Å²) in [7, 11) is -0.722. The van der Waals surface area contributed by atoms with Crippen LogP contribution in [0.4, 0.5) is 0 Å². The van der Waals surface area contributed by atoms with Gasteiger partial charge in [-0.05, 0) is 37.8 Å². The number of hydrogen-bond donors (Lipinski definition) is 1. The Kier molecular flexibility index (Phi) is 6.82. The van der Waals surface area contributed by atoms with E-state index in [4.69, 9.17) is 9.47 Å². The van der Waals surface area contributed by atoms with Crippen molar-refractivity contribution in [2.45, 2.75) is 55.9 Å². The second-order valence-electron chi connectivity index (χ2n) is 7.56. The minimum absolute atomic E-state index is 0.0147. The van der Waals surface area contributed by atoms with E-state index in [1.165, 1.54) is 37.1 Å². The van der Waals surface area contributed by atoms with Gasteiger partial charge in [-0.15, -0.1) is 0 Å². The van der Waals surface area contributed by atoms with Crippen LogP contribution in [0.25, 0.3) is 0 Å². The number of carbonyl (C=O) groups excluding carboxylic acids is 1. The lowest BCUT2D eigenvalue weighted by molar-refractivity contribution is -0.127. The van der Waals surface area contributed by atoms with E-state index in [9.17, 15) is 13.2 Å². The van der Waals surface area contributed by atoms with Crippen LogP contribution in [-0.2, 0) is 14.8 Å². The van der Waals surface area contributed by atoms with Crippen molar-refractivity contribution in [1.29, 1.82) is 0 Å². The molecule has 1 saturated carbocycles. The molecule has 0 aromatic heterocycles. The number of hydrogen-bond acceptors (Lipinski definition) is 5. The van der Waals surface area contributed by atoms with Gasteiger partial charge in [-0.1, -0.05) is 19.3 Å². The quantitative estimate of drug-likeness (QED) is 0.779. The van der Waals surface area contributed by atoms with Gasteiger partial charge in [-0.25, -0.2) is 8.42 Å². The van der Waals surface area contributed by atoms with Gasteiger partial charge in [0.1, 0.15) is 0 Å². The number of ether oxygens (including phenoxy) is 2. The van der Waals surface area contributed by atoms with Crippen LogP contribution in [0.1, 0.15) is 44.9 Å². The van der Waals surface area contributed by atoms with Crippen LogP contribution in [0.5, 0.6) is 11.5 Å². The van der Waals surface area contributed by atoms with Crippen LogP contribution in [0.2, 0.25) is 0 Å². The summed E-state index contributed by atoms with van der Waals surface area (Å²) in [6.45, 7) is 0.638. The maximum atomic E-state index is 13.1. The maximum Gasteiger partial charge on any atom is 0.243 e. The minimum Gasteiger partial charge on any atom is -0.493 e. The van der Waals surface area contributed by atoms with Crippen LogP contribution in [0.15, 0.2) is 23.1 Å². The average molecular weight is 411 g/mol. The predicted octanol–water partition coefficient (Wildman–Crippen LogP) is 2.55. The number of sulfonamides is 1. The molecule has 0 bridgehead atoms.